The second-order valence-corrected chi connectivity index (χ2v) is 6.01. The third kappa shape index (κ3) is 2.76. The molecular weight excluding hydrogens is 264 g/mol. The van der Waals surface area contributed by atoms with Crippen LogP contribution in [-0.4, -0.2) is 5.88 Å². The van der Waals surface area contributed by atoms with Crippen LogP contribution in [-0.2, 0) is 12.8 Å². The maximum absolute atomic E-state index is 5.73. The van der Waals surface area contributed by atoms with E-state index in [0.717, 1.165) is 18.7 Å². The molecule has 0 bridgehead atoms. The predicted molar refractivity (Wildman–Crippen MR) is 87.6 cm³/mol. The van der Waals surface area contributed by atoms with Crippen LogP contribution >= 0.6 is 11.6 Å². The minimum absolute atomic E-state index is 0.802. The summed E-state index contributed by atoms with van der Waals surface area (Å²) in [5.74, 6) is 0.802. The molecule has 0 aliphatic heterocycles. The molecule has 0 atom stereocenters. The lowest BCUT2D eigenvalue weighted by Crippen LogP contribution is -1.93. The Morgan fingerprint density at radius 2 is 1.60 bits per heavy atom. The molecule has 1 aliphatic rings. The van der Waals surface area contributed by atoms with Crippen molar-refractivity contribution in [2.45, 2.75) is 38.5 Å². The smallest absolute Gasteiger partial charge is 0.0223 e. The molecule has 0 N–H and O–H groups in total. The van der Waals surface area contributed by atoms with Crippen LogP contribution in [0.25, 0.3) is 11.1 Å². The average molecular weight is 285 g/mol. The normalized spacial score (nSPS) is 12.2. The Balaban J connectivity index is 1.73. The Hall–Kier alpha value is -1.27. The van der Waals surface area contributed by atoms with Crippen molar-refractivity contribution in [3.8, 4) is 11.1 Å². The number of halogens is 1. The van der Waals surface area contributed by atoms with E-state index in [1.165, 1.54) is 42.4 Å². The second-order valence-electron chi connectivity index (χ2n) is 5.63. The number of alkyl halides is 1. The summed E-state index contributed by atoms with van der Waals surface area (Å²) in [6, 6.07) is 15.6. The topological polar surface area (TPSA) is 0 Å². The summed E-state index contributed by atoms with van der Waals surface area (Å²) in [6.07, 6.45) is 7.31. The van der Waals surface area contributed by atoms with Crippen molar-refractivity contribution in [2.75, 3.05) is 5.88 Å². The summed E-state index contributed by atoms with van der Waals surface area (Å²) in [5, 5.41) is 0. The van der Waals surface area contributed by atoms with Crippen molar-refractivity contribution in [3.63, 3.8) is 0 Å². The van der Waals surface area contributed by atoms with Crippen molar-refractivity contribution in [1.82, 2.24) is 0 Å². The molecule has 0 amide bonds. The van der Waals surface area contributed by atoms with Gasteiger partial charge in [-0.1, -0.05) is 55.3 Å². The van der Waals surface area contributed by atoms with E-state index in [1.54, 1.807) is 11.1 Å². The molecule has 2 aromatic carbocycles. The number of unbranched alkanes of at least 4 members (excludes halogenated alkanes) is 3. The fourth-order valence-electron chi connectivity index (χ4n) is 3.22. The fourth-order valence-corrected chi connectivity index (χ4v) is 3.41. The first kappa shape index (κ1) is 13.7. The number of aryl methyl sites for hydroxylation is 1. The molecule has 20 heavy (non-hydrogen) atoms. The van der Waals surface area contributed by atoms with Gasteiger partial charge in [0.1, 0.15) is 0 Å². The van der Waals surface area contributed by atoms with E-state index in [2.05, 4.69) is 42.5 Å². The van der Waals surface area contributed by atoms with Gasteiger partial charge in [-0.15, -0.1) is 11.6 Å². The molecule has 0 radical (unpaired) electrons. The van der Waals surface area contributed by atoms with Crippen LogP contribution in [0.2, 0.25) is 0 Å². The van der Waals surface area contributed by atoms with Crippen molar-refractivity contribution in [2.24, 2.45) is 0 Å². The summed E-state index contributed by atoms with van der Waals surface area (Å²) in [5.41, 5.74) is 7.48. The molecule has 0 aromatic heterocycles. The standard InChI is InChI=1S/C19H21Cl/c20-13-6-2-1-3-8-15-10-7-12-18-17-11-5-4-9-16(17)14-19(15)18/h4-5,7,9-12H,1-3,6,8,13-14H2. The summed E-state index contributed by atoms with van der Waals surface area (Å²) in [4.78, 5) is 0. The van der Waals surface area contributed by atoms with Gasteiger partial charge in [-0.25, -0.2) is 0 Å². The molecule has 0 heterocycles. The van der Waals surface area contributed by atoms with Gasteiger partial charge in [0.2, 0.25) is 0 Å². The lowest BCUT2D eigenvalue weighted by atomic mass is 9.97. The van der Waals surface area contributed by atoms with E-state index in [0.29, 0.717) is 0 Å². The van der Waals surface area contributed by atoms with Crippen LogP contribution in [0.5, 0.6) is 0 Å². The monoisotopic (exact) mass is 284 g/mol. The van der Waals surface area contributed by atoms with Crippen LogP contribution in [0, 0.1) is 0 Å². The molecule has 0 saturated heterocycles. The van der Waals surface area contributed by atoms with E-state index in [4.69, 9.17) is 11.6 Å². The molecule has 0 fully saturated rings. The Kier molecular flexibility index (Phi) is 4.42. The quantitative estimate of drug-likeness (QED) is 0.408. The van der Waals surface area contributed by atoms with Gasteiger partial charge in [0.05, 0.1) is 0 Å². The van der Waals surface area contributed by atoms with Crippen LogP contribution in [0.3, 0.4) is 0 Å². The lowest BCUT2D eigenvalue weighted by Gasteiger charge is -2.08. The van der Waals surface area contributed by atoms with Gasteiger partial charge in [-0.3, -0.25) is 0 Å². The van der Waals surface area contributed by atoms with Gasteiger partial charge >= 0.3 is 0 Å². The van der Waals surface area contributed by atoms with Gasteiger partial charge in [0.15, 0.2) is 0 Å². The zero-order valence-corrected chi connectivity index (χ0v) is 12.6. The largest absolute Gasteiger partial charge is 0.127 e. The molecule has 1 aliphatic carbocycles. The van der Waals surface area contributed by atoms with E-state index in [9.17, 15) is 0 Å². The Morgan fingerprint density at radius 3 is 2.50 bits per heavy atom. The average Bonchev–Trinajstić information content (AvgIpc) is 2.87. The molecule has 3 rings (SSSR count). The maximum atomic E-state index is 5.73. The number of fused-ring (bicyclic) bond motifs is 3. The highest BCUT2D eigenvalue weighted by Gasteiger charge is 2.19. The number of benzene rings is 2. The van der Waals surface area contributed by atoms with Crippen molar-refractivity contribution >= 4 is 11.6 Å². The summed E-state index contributed by atoms with van der Waals surface area (Å²) >= 11 is 5.73. The Morgan fingerprint density at radius 1 is 0.800 bits per heavy atom. The highest BCUT2D eigenvalue weighted by Crippen LogP contribution is 2.38. The van der Waals surface area contributed by atoms with E-state index in [-0.39, 0.29) is 0 Å². The minimum atomic E-state index is 0.802. The highest BCUT2D eigenvalue weighted by molar-refractivity contribution is 6.17. The van der Waals surface area contributed by atoms with Crippen molar-refractivity contribution in [1.29, 1.82) is 0 Å². The maximum Gasteiger partial charge on any atom is 0.0223 e. The van der Waals surface area contributed by atoms with Crippen LogP contribution in [0.4, 0.5) is 0 Å². The van der Waals surface area contributed by atoms with Gasteiger partial charge in [0.25, 0.3) is 0 Å². The SMILES string of the molecule is ClCCCCCCc1cccc2c1Cc1ccccc1-2. The first-order chi connectivity index (χ1) is 9.90. The molecule has 104 valence electrons. The lowest BCUT2D eigenvalue weighted by molar-refractivity contribution is 0.667. The molecule has 0 nitrogen and oxygen atoms in total. The van der Waals surface area contributed by atoms with Crippen LogP contribution in [0.1, 0.15) is 42.4 Å². The first-order valence-electron chi connectivity index (χ1n) is 7.65. The second kappa shape index (κ2) is 6.45. The Bertz CT molecular complexity index is 586. The van der Waals surface area contributed by atoms with Crippen molar-refractivity contribution in [3.05, 3.63) is 59.2 Å². The number of rotatable bonds is 6. The van der Waals surface area contributed by atoms with E-state index < -0.39 is 0 Å². The molecule has 2 aromatic rings. The third-order valence-corrected chi connectivity index (χ3v) is 4.54. The molecular formula is C19H21Cl. The zero-order valence-electron chi connectivity index (χ0n) is 11.9. The molecule has 0 unspecified atom stereocenters. The van der Waals surface area contributed by atoms with Gasteiger partial charge in [0, 0.05) is 5.88 Å². The summed E-state index contributed by atoms with van der Waals surface area (Å²) < 4.78 is 0. The van der Waals surface area contributed by atoms with Gasteiger partial charge in [-0.2, -0.15) is 0 Å². The minimum Gasteiger partial charge on any atom is -0.127 e. The highest BCUT2D eigenvalue weighted by atomic mass is 35.5. The van der Waals surface area contributed by atoms with Crippen LogP contribution < -0.4 is 0 Å². The number of hydrogen-bond acceptors (Lipinski definition) is 0. The van der Waals surface area contributed by atoms with Crippen molar-refractivity contribution < 1.29 is 0 Å². The number of hydrogen-bond donors (Lipinski definition) is 0. The third-order valence-electron chi connectivity index (χ3n) is 4.28. The zero-order chi connectivity index (χ0) is 13.8. The predicted octanol–water partition coefficient (Wildman–Crippen LogP) is 5.60. The van der Waals surface area contributed by atoms with Gasteiger partial charge < -0.3 is 0 Å². The van der Waals surface area contributed by atoms with Crippen LogP contribution in [0.15, 0.2) is 42.5 Å². The van der Waals surface area contributed by atoms with E-state index >= 15 is 0 Å². The van der Waals surface area contributed by atoms with Gasteiger partial charge in [-0.05, 0) is 53.5 Å². The first-order valence-corrected chi connectivity index (χ1v) is 8.18. The summed E-state index contributed by atoms with van der Waals surface area (Å²) in [6.45, 7) is 0. The molecule has 0 spiro atoms. The molecule has 1 heteroatoms. The summed E-state index contributed by atoms with van der Waals surface area (Å²) in [7, 11) is 0. The fraction of sp³-hybridized carbons (Fsp3) is 0.368. The Labute approximate surface area is 126 Å². The van der Waals surface area contributed by atoms with E-state index in [1.807, 2.05) is 0 Å². The molecule has 0 saturated carbocycles.